The van der Waals surface area contributed by atoms with Crippen LogP contribution in [0.1, 0.15) is 72.6 Å². The van der Waals surface area contributed by atoms with Crippen molar-refractivity contribution in [1.82, 2.24) is 0 Å². The van der Waals surface area contributed by atoms with E-state index in [1.165, 1.54) is 39.0 Å². The Bertz CT molecular complexity index is 393. The minimum atomic E-state index is -0.935. The third-order valence-electron chi connectivity index (χ3n) is 3.45. The normalized spacial score (nSPS) is 11.9. The molecule has 0 aromatic rings. The number of carbonyl (C=O) groups is 2. The average molecular weight is 371 g/mol. The lowest BCUT2D eigenvalue weighted by atomic mass is 10.0. The van der Waals surface area contributed by atoms with E-state index in [0.29, 0.717) is 12.2 Å². The van der Waals surface area contributed by atoms with Crippen LogP contribution in [0.3, 0.4) is 0 Å². The van der Waals surface area contributed by atoms with Crippen molar-refractivity contribution in [1.29, 1.82) is 0 Å². The molecule has 0 aliphatic carbocycles. The Kier molecular flexibility index (Phi) is 18.6. The minimum Gasteiger partial charge on any atom is -0.478 e. The van der Waals surface area contributed by atoms with E-state index < -0.39 is 5.97 Å². The molecule has 152 valence electrons. The highest BCUT2D eigenvalue weighted by Crippen LogP contribution is 2.10. The molecule has 0 aromatic heterocycles. The van der Waals surface area contributed by atoms with Gasteiger partial charge in [-0.15, -0.1) is 0 Å². The van der Waals surface area contributed by atoms with Crippen LogP contribution in [0.15, 0.2) is 24.3 Å². The number of hydrogen-bond donors (Lipinski definition) is 1. The summed E-state index contributed by atoms with van der Waals surface area (Å²) in [5.41, 5.74) is 0.659. The van der Waals surface area contributed by atoms with E-state index in [1.807, 2.05) is 0 Å². The predicted octanol–water partition coefficient (Wildman–Crippen LogP) is 5.16. The first-order valence-electron chi connectivity index (χ1n) is 9.47. The molecule has 1 aliphatic heterocycles. The molecule has 1 heterocycles. The zero-order chi connectivity index (χ0) is 20.4. The lowest BCUT2D eigenvalue weighted by Crippen LogP contribution is -2.09. The summed E-state index contributed by atoms with van der Waals surface area (Å²) in [6.07, 6.45) is 8.60. The average Bonchev–Trinajstić information content (AvgIpc) is 2.48. The molecule has 1 aliphatic rings. The highest BCUT2D eigenvalue weighted by Gasteiger charge is 2.01. The molecule has 5 nitrogen and oxygen atoms in total. The first-order valence-corrected chi connectivity index (χ1v) is 9.47. The predicted molar refractivity (Wildman–Crippen MR) is 106 cm³/mol. The Balaban J connectivity index is 0. The molecular formula is C21H38O5. The Labute approximate surface area is 159 Å². The topological polar surface area (TPSA) is 72.8 Å². The monoisotopic (exact) mass is 370 g/mol. The van der Waals surface area contributed by atoms with Gasteiger partial charge in [-0.1, -0.05) is 59.1 Å². The second-order valence-electron chi connectivity index (χ2n) is 6.92. The highest BCUT2D eigenvalue weighted by atomic mass is 16.5. The van der Waals surface area contributed by atoms with Crippen molar-refractivity contribution in [3.8, 4) is 0 Å². The molecule has 0 unspecified atom stereocenters. The van der Waals surface area contributed by atoms with Gasteiger partial charge in [0, 0.05) is 24.4 Å². The fraction of sp³-hybridized carbons (Fsp3) is 0.714. The van der Waals surface area contributed by atoms with E-state index in [9.17, 15) is 9.59 Å². The summed E-state index contributed by atoms with van der Waals surface area (Å²) in [5.74, 6) is -0.383. The number of ether oxygens (including phenoxy) is 2. The number of carboxylic acid groups (broad SMARTS) is 1. The Hall–Kier alpha value is -1.62. The molecule has 0 amide bonds. The molecule has 1 N–H and O–H groups in total. The number of hydrogen-bond acceptors (Lipinski definition) is 4. The van der Waals surface area contributed by atoms with Crippen LogP contribution in [0.2, 0.25) is 0 Å². The Morgan fingerprint density at radius 2 is 1.42 bits per heavy atom. The SMILES string of the molecule is C1COC1.C=C(C)C(=O)O.C=C(C)C(=O)OCCCCCCCC(C)C. The summed E-state index contributed by atoms with van der Waals surface area (Å²) in [6.45, 7) is 16.9. The van der Waals surface area contributed by atoms with Crippen molar-refractivity contribution in [3.05, 3.63) is 24.3 Å². The van der Waals surface area contributed by atoms with Gasteiger partial charge in [-0.2, -0.15) is 0 Å². The summed E-state index contributed by atoms with van der Waals surface area (Å²) in [7, 11) is 0. The lowest BCUT2D eigenvalue weighted by molar-refractivity contribution is -0.139. The van der Waals surface area contributed by atoms with E-state index in [0.717, 1.165) is 32.0 Å². The van der Waals surface area contributed by atoms with E-state index in [1.54, 1.807) is 6.92 Å². The maximum absolute atomic E-state index is 11.0. The molecule has 0 saturated carbocycles. The van der Waals surface area contributed by atoms with Gasteiger partial charge in [0.2, 0.25) is 0 Å². The molecular weight excluding hydrogens is 332 g/mol. The zero-order valence-corrected chi connectivity index (χ0v) is 17.1. The summed E-state index contributed by atoms with van der Waals surface area (Å²) in [5, 5.41) is 7.89. The van der Waals surface area contributed by atoms with E-state index in [4.69, 9.17) is 14.6 Å². The Morgan fingerprint density at radius 3 is 1.77 bits per heavy atom. The van der Waals surface area contributed by atoms with Crippen LogP contribution in [-0.2, 0) is 19.1 Å². The van der Waals surface area contributed by atoms with E-state index in [-0.39, 0.29) is 11.5 Å². The quantitative estimate of drug-likeness (QED) is 0.327. The van der Waals surface area contributed by atoms with Crippen molar-refractivity contribution >= 4 is 11.9 Å². The zero-order valence-electron chi connectivity index (χ0n) is 17.1. The maximum atomic E-state index is 11.0. The second-order valence-corrected chi connectivity index (χ2v) is 6.92. The number of esters is 1. The Morgan fingerprint density at radius 1 is 1.00 bits per heavy atom. The maximum Gasteiger partial charge on any atom is 0.333 e. The van der Waals surface area contributed by atoms with E-state index in [2.05, 4.69) is 27.0 Å². The summed E-state index contributed by atoms with van der Waals surface area (Å²) >= 11 is 0. The van der Waals surface area contributed by atoms with Crippen LogP contribution in [0.4, 0.5) is 0 Å². The van der Waals surface area contributed by atoms with Crippen LogP contribution >= 0.6 is 0 Å². The smallest absolute Gasteiger partial charge is 0.333 e. The fourth-order valence-corrected chi connectivity index (χ4v) is 1.62. The van der Waals surface area contributed by atoms with Crippen molar-refractivity contribution in [3.63, 3.8) is 0 Å². The van der Waals surface area contributed by atoms with Crippen LogP contribution in [0.25, 0.3) is 0 Å². The van der Waals surface area contributed by atoms with Gasteiger partial charge in [0.15, 0.2) is 0 Å². The molecule has 26 heavy (non-hydrogen) atoms. The summed E-state index contributed by atoms with van der Waals surface area (Å²) in [6, 6.07) is 0. The van der Waals surface area contributed by atoms with Crippen molar-refractivity contribution in [2.75, 3.05) is 19.8 Å². The minimum absolute atomic E-state index is 0.176. The molecule has 1 saturated heterocycles. The summed E-state index contributed by atoms with van der Waals surface area (Å²) < 4.78 is 9.73. The number of aliphatic carboxylic acids is 1. The van der Waals surface area contributed by atoms with Gasteiger partial charge in [0.1, 0.15) is 0 Å². The van der Waals surface area contributed by atoms with Gasteiger partial charge in [0.25, 0.3) is 0 Å². The lowest BCUT2D eigenvalue weighted by Gasteiger charge is -2.09. The first-order chi connectivity index (χ1) is 12.2. The van der Waals surface area contributed by atoms with Crippen molar-refractivity contribution in [2.45, 2.75) is 72.6 Å². The number of unbranched alkanes of at least 4 members (excludes halogenated alkanes) is 4. The third kappa shape index (κ3) is 22.4. The van der Waals surface area contributed by atoms with Crippen LogP contribution in [0.5, 0.6) is 0 Å². The van der Waals surface area contributed by atoms with Gasteiger partial charge in [-0.05, 0) is 32.6 Å². The van der Waals surface area contributed by atoms with E-state index >= 15 is 0 Å². The van der Waals surface area contributed by atoms with Crippen LogP contribution < -0.4 is 0 Å². The molecule has 0 spiro atoms. The van der Waals surface area contributed by atoms with Gasteiger partial charge in [-0.25, -0.2) is 9.59 Å². The van der Waals surface area contributed by atoms with Gasteiger partial charge in [0.05, 0.1) is 6.61 Å². The molecule has 0 bridgehead atoms. The van der Waals surface area contributed by atoms with Gasteiger partial charge >= 0.3 is 11.9 Å². The van der Waals surface area contributed by atoms with Gasteiger partial charge in [-0.3, -0.25) is 0 Å². The van der Waals surface area contributed by atoms with Crippen molar-refractivity contribution in [2.24, 2.45) is 5.92 Å². The second kappa shape index (κ2) is 18.2. The molecule has 0 atom stereocenters. The molecule has 0 aromatic carbocycles. The molecule has 5 heteroatoms. The number of carbonyl (C=O) groups excluding carboxylic acids is 1. The molecule has 1 rings (SSSR count). The largest absolute Gasteiger partial charge is 0.478 e. The molecule has 1 fully saturated rings. The summed E-state index contributed by atoms with van der Waals surface area (Å²) in [4.78, 5) is 20.6. The standard InChI is InChI=1S/C14H26O2.C4H6O2.C3H6O/c1-12(2)10-8-6-5-7-9-11-16-14(15)13(3)4;1-3(2)4(5)6;1-2-4-3-1/h12H,3,5-11H2,1-2,4H3;1H2,2H3,(H,5,6);1-3H2. The third-order valence-corrected chi connectivity index (χ3v) is 3.45. The number of rotatable bonds is 10. The fourth-order valence-electron chi connectivity index (χ4n) is 1.62. The highest BCUT2D eigenvalue weighted by molar-refractivity contribution is 5.86. The van der Waals surface area contributed by atoms with Crippen LogP contribution in [-0.4, -0.2) is 36.9 Å². The number of carboxylic acids is 1. The van der Waals surface area contributed by atoms with Crippen molar-refractivity contribution < 1.29 is 24.2 Å². The van der Waals surface area contributed by atoms with Gasteiger partial charge < -0.3 is 14.6 Å². The molecule has 0 radical (unpaired) electrons. The first kappa shape index (κ1) is 26.6. The van der Waals surface area contributed by atoms with Crippen LogP contribution in [0, 0.1) is 5.92 Å².